The third-order valence-electron chi connectivity index (χ3n) is 4.02. The standard InChI is InChI=1S/C20H19N3O4/c1-13-12-18(22-23(13)14-8-10-15(26-2)11-9-14)19(24)21-17-7-5-4-6-16(17)20(25)27-3/h4-12H,1-3H3,(H,21,24). The highest BCUT2D eigenvalue weighted by molar-refractivity contribution is 6.07. The molecule has 0 aliphatic heterocycles. The average molecular weight is 365 g/mol. The first-order valence-corrected chi connectivity index (χ1v) is 8.23. The molecule has 0 bridgehead atoms. The Morgan fingerprint density at radius 3 is 2.41 bits per heavy atom. The molecule has 0 aliphatic rings. The van der Waals surface area contributed by atoms with Gasteiger partial charge in [-0.3, -0.25) is 4.79 Å². The molecule has 3 rings (SSSR count). The summed E-state index contributed by atoms with van der Waals surface area (Å²) in [6.45, 7) is 1.86. The van der Waals surface area contributed by atoms with Gasteiger partial charge in [0.25, 0.3) is 5.91 Å². The molecule has 0 radical (unpaired) electrons. The van der Waals surface area contributed by atoms with E-state index in [0.717, 1.165) is 17.1 Å². The number of aryl methyl sites for hydroxylation is 1. The highest BCUT2D eigenvalue weighted by atomic mass is 16.5. The van der Waals surface area contributed by atoms with Crippen molar-refractivity contribution in [1.82, 2.24) is 9.78 Å². The molecule has 0 unspecified atom stereocenters. The van der Waals surface area contributed by atoms with Crippen LogP contribution in [0, 0.1) is 6.92 Å². The Hall–Kier alpha value is -3.61. The summed E-state index contributed by atoms with van der Waals surface area (Å²) in [5.74, 6) is -0.200. The molecule has 3 aromatic rings. The van der Waals surface area contributed by atoms with Crippen molar-refractivity contribution < 1.29 is 19.1 Å². The highest BCUT2D eigenvalue weighted by Crippen LogP contribution is 2.19. The van der Waals surface area contributed by atoms with E-state index in [-0.39, 0.29) is 11.3 Å². The fraction of sp³-hybridized carbons (Fsp3) is 0.150. The Bertz CT molecular complexity index is 977. The first-order chi connectivity index (χ1) is 13.0. The fourth-order valence-corrected chi connectivity index (χ4v) is 2.64. The zero-order valence-electron chi connectivity index (χ0n) is 15.2. The summed E-state index contributed by atoms with van der Waals surface area (Å²) in [6, 6.07) is 15.7. The number of hydrogen-bond donors (Lipinski definition) is 1. The lowest BCUT2D eigenvalue weighted by molar-refractivity contribution is 0.0602. The van der Waals surface area contributed by atoms with Gasteiger partial charge in [0.05, 0.1) is 31.2 Å². The lowest BCUT2D eigenvalue weighted by Gasteiger charge is -2.08. The first-order valence-electron chi connectivity index (χ1n) is 8.23. The van der Waals surface area contributed by atoms with Crippen LogP contribution in [-0.4, -0.2) is 35.9 Å². The highest BCUT2D eigenvalue weighted by Gasteiger charge is 2.17. The van der Waals surface area contributed by atoms with Crippen LogP contribution in [0.1, 0.15) is 26.5 Å². The molecule has 0 atom stereocenters. The Morgan fingerprint density at radius 2 is 1.74 bits per heavy atom. The summed E-state index contributed by atoms with van der Waals surface area (Å²) in [4.78, 5) is 24.5. The number of nitrogens with zero attached hydrogens (tertiary/aromatic N) is 2. The average Bonchev–Trinajstić information content (AvgIpc) is 3.09. The number of para-hydroxylation sites is 1. The number of benzene rings is 2. The van der Waals surface area contributed by atoms with Gasteiger partial charge in [-0.15, -0.1) is 0 Å². The third kappa shape index (κ3) is 3.82. The Morgan fingerprint density at radius 1 is 1.04 bits per heavy atom. The monoisotopic (exact) mass is 365 g/mol. The maximum atomic E-state index is 12.6. The predicted octanol–water partition coefficient (Wildman–Crippen LogP) is 3.23. The zero-order valence-corrected chi connectivity index (χ0v) is 15.2. The van der Waals surface area contributed by atoms with E-state index < -0.39 is 11.9 Å². The van der Waals surface area contributed by atoms with Crippen LogP contribution in [0.3, 0.4) is 0 Å². The number of ether oxygens (including phenoxy) is 2. The number of carbonyl (C=O) groups excluding carboxylic acids is 2. The van der Waals surface area contributed by atoms with Gasteiger partial charge in [0.15, 0.2) is 5.69 Å². The maximum absolute atomic E-state index is 12.6. The smallest absolute Gasteiger partial charge is 0.339 e. The van der Waals surface area contributed by atoms with Crippen molar-refractivity contribution in [2.24, 2.45) is 0 Å². The summed E-state index contributed by atoms with van der Waals surface area (Å²) in [7, 11) is 2.89. The molecule has 1 amide bonds. The van der Waals surface area contributed by atoms with Crippen LogP contribution < -0.4 is 10.1 Å². The van der Waals surface area contributed by atoms with E-state index in [2.05, 4.69) is 10.4 Å². The van der Waals surface area contributed by atoms with Crippen LogP contribution in [-0.2, 0) is 4.74 Å². The van der Waals surface area contributed by atoms with Crippen molar-refractivity contribution in [2.75, 3.05) is 19.5 Å². The topological polar surface area (TPSA) is 82.5 Å². The lowest BCUT2D eigenvalue weighted by Crippen LogP contribution is -2.16. The summed E-state index contributed by atoms with van der Waals surface area (Å²) in [6.07, 6.45) is 0. The van der Waals surface area contributed by atoms with E-state index >= 15 is 0 Å². The van der Waals surface area contributed by atoms with E-state index in [0.29, 0.717) is 5.69 Å². The zero-order chi connectivity index (χ0) is 19.4. The largest absolute Gasteiger partial charge is 0.497 e. The van der Waals surface area contributed by atoms with E-state index in [4.69, 9.17) is 9.47 Å². The fourth-order valence-electron chi connectivity index (χ4n) is 2.64. The quantitative estimate of drug-likeness (QED) is 0.702. The maximum Gasteiger partial charge on any atom is 0.339 e. The van der Waals surface area contributed by atoms with Crippen molar-refractivity contribution in [3.05, 3.63) is 71.5 Å². The van der Waals surface area contributed by atoms with Gasteiger partial charge in [0.1, 0.15) is 5.75 Å². The van der Waals surface area contributed by atoms with Gasteiger partial charge >= 0.3 is 5.97 Å². The van der Waals surface area contributed by atoms with Crippen molar-refractivity contribution >= 4 is 17.6 Å². The first kappa shape index (κ1) is 18.2. The molecule has 1 heterocycles. The molecule has 7 heteroatoms. The molecule has 1 N–H and O–H groups in total. The Labute approximate surface area is 156 Å². The van der Waals surface area contributed by atoms with E-state index in [1.807, 2.05) is 31.2 Å². The van der Waals surface area contributed by atoms with Gasteiger partial charge < -0.3 is 14.8 Å². The molecule has 0 fully saturated rings. The van der Waals surface area contributed by atoms with Crippen molar-refractivity contribution in [3.8, 4) is 11.4 Å². The van der Waals surface area contributed by atoms with Crippen LogP contribution >= 0.6 is 0 Å². The lowest BCUT2D eigenvalue weighted by atomic mass is 10.1. The number of hydrogen-bond acceptors (Lipinski definition) is 5. The van der Waals surface area contributed by atoms with Crippen molar-refractivity contribution in [1.29, 1.82) is 0 Å². The second-order valence-electron chi connectivity index (χ2n) is 5.77. The minimum absolute atomic E-state index is 0.239. The van der Waals surface area contributed by atoms with Gasteiger partial charge in [0.2, 0.25) is 0 Å². The number of aromatic nitrogens is 2. The molecular formula is C20H19N3O4. The van der Waals surface area contributed by atoms with Crippen LogP contribution in [0.5, 0.6) is 5.75 Å². The van der Waals surface area contributed by atoms with E-state index in [1.165, 1.54) is 7.11 Å². The van der Waals surface area contributed by atoms with Crippen molar-refractivity contribution in [3.63, 3.8) is 0 Å². The molecule has 7 nitrogen and oxygen atoms in total. The number of amides is 1. The predicted molar refractivity (Wildman–Crippen MR) is 101 cm³/mol. The van der Waals surface area contributed by atoms with E-state index in [9.17, 15) is 9.59 Å². The van der Waals surface area contributed by atoms with Gasteiger partial charge in [-0.1, -0.05) is 12.1 Å². The summed E-state index contributed by atoms with van der Waals surface area (Å²) in [5, 5.41) is 7.09. The van der Waals surface area contributed by atoms with Crippen LogP contribution in [0.2, 0.25) is 0 Å². The molecule has 0 spiro atoms. The van der Waals surface area contributed by atoms with Crippen LogP contribution in [0.4, 0.5) is 5.69 Å². The summed E-state index contributed by atoms with van der Waals surface area (Å²) >= 11 is 0. The van der Waals surface area contributed by atoms with E-state index in [1.54, 1.807) is 42.1 Å². The van der Waals surface area contributed by atoms with Crippen LogP contribution in [0.25, 0.3) is 5.69 Å². The second kappa shape index (κ2) is 7.74. The number of methoxy groups -OCH3 is 2. The number of esters is 1. The molecule has 2 aromatic carbocycles. The molecular weight excluding hydrogens is 346 g/mol. The van der Waals surface area contributed by atoms with Gasteiger partial charge in [-0.25, -0.2) is 9.48 Å². The molecule has 0 saturated carbocycles. The Balaban J connectivity index is 1.85. The van der Waals surface area contributed by atoms with Crippen LogP contribution in [0.15, 0.2) is 54.6 Å². The minimum Gasteiger partial charge on any atom is -0.497 e. The normalized spacial score (nSPS) is 10.3. The number of nitrogens with one attached hydrogen (secondary N) is 1. The second-order valence-corrected chi connectivity index (χ2v) is 5.77. The third-order valence-corrected chi connectivity index (χ3v) is 4.02. The molecule has 0 saturated heterocycles. The molecule has 27 heavy (non-hydrogen) atoms. The van der Waals surface area contributed by atoms with Gasteiger partial charge in [-0.2, -0.15) is 5.10 Å². The SMILES string of the molecule is COC(=O)c1ccccc1NC(=O)c1cc(C)n(-c2ccc(OC)cc2)n1. The molecule has 138 valence electrons. The number of rotatable bonds is 5. The van der Waals surface area contributed by atoms with Crippen molar-refractivity contribution in [2.45, 2.75) is 6.92 Å². The van der Waals surface area contributed by atoms with Gasteiger partial charge in [-0.05, 0) is 49.4 Å². The Kier molecular flexibility index (Phi) is 5.21. The number of carbonyl (C=O) groups is 2. The number of anilines is 1. The molecule has 1 aromatic heterocycles. The minimum atomic E-state index is -0.522. The molecule has 0 aliphatic carbocycles. The summed E-state index contributed by atoms with van der Waals surface area (Å²) < 4.78 is 11.6. The summed E-state index contributed by atoms with van der Waals surface area (Å²) in [5.41, 5.74) is 2.49. The van der Waals surface area contributed by atoms with Gasteiger partial charge in [0, 0.05) is 5.69 Å².